The Morgan fingerprint density at radius 2 is 1.63 bits per heavy atom. The smallest absolute Gasteiger partial charge is 0.139 e. The molecule has 1 atom stereocenters. The van der Waals surface area contributed by atoms with Crippen molar-refractivity contribution in [3.8, 4) is 0 Å². The Morgan fingerprint density at radius 1 is 1.05 bits per heavy atom. The number of carbonyl (C=O) groups is 1. The monoisotopic (exact) mass is 258 g/mol. The van der Waals surface area contributed by atoms with Gasteiger partial charge >= 0.3 is 0 Å². The number of fused-ring (bicyclic) bond motifs is 1. The molecular formula is C18H26O. The lowest BCUT2D eigenvalue weighted by molar-refractivity contribution is -0.123. The molecule has 0 amide bonds. The van der Waals surface area contributed by atoms with Crippen molar-refractivity contribution >= 4 is 5.78 Å². The zero-order valence-electron chi connectivity index (χ0n) is 13.3. The highest BCUT2D eigenvalue weighted by atomic mass is 16.1. The van der Waals surface area contributed by atoms with Crippen molar-refractivity contribution in [1.29, 1.82) is 0 Å². The SMILES string of the molecule is CC(=O)C1(C)C=C2C(=CC1)C(C)(C)C=C(C)C2(C)C. The van der Waals surface area contributed by atoms with Gasteiger partial charge in [-0.2, -0.15) is 0 Å². The highest BCUT2D eigenvalue weighted by molar-refractivity contribution is 5.85. The van der Waals surface area contributed by atoms with Crippen LogP contribution in [-0.2, 0) is 4.79 Å². The topological polar surface area (TPSA) is 17.1 Å². The molecule has 1 nitrogen and oxygen atoms in total. The molecule has 104 valence electrons. The lowest BCUT2D eigenvalue weighted by Gasteiger charge is -2.46. The van der Waals surface area contributed by atoms with Crippen molar-refractivity contribution in [2.24, 2.45) is 16.2 Å². The number of rotatable bonds is 1. The van der Waals surface area contributed by atoms with Gasteiger partial charge in [0.25, 0.3) is 0 Å². The molecule has 0 aromatic rings. The maximum absolute atomic E-state index is 12.0. The van der Waals surface area contributed by atoms with Crippen molar-refractivity contribution < 1.29 is 4.79 Å². The van der Waals surface area contributed by atoms with Gasteiger partial charge in [-0.25, -0.2) is 0 Å². The van der Waals surface area contributed by atoms with E-state index in [4.69, 9.17) is 0 Å². The highest BCUT2D eigenvalue weighted by Crippen LogP contribution is 2.54. The molecule has 1 heteroatoms. The molecular weight excluding hydrogens is 232 g/mol. The van der Waals surface area contributed by atoms with Crippen LogP contribution >= 0.6 is 0 Å². The van der Waals surface area contributed by atoms with E-state index in [1.165, 1.54) is 16.7 Å². The second kappa shape index (κ2) is 3.94. The van der Waals surface area contributed by atoms with Crippen LogP contribution in [0.5, 0.6) is 0 Å². The molecule has 0 heterocycles. The van der Waals surface area contributed by atoms with E-state index in [9.17, 15) is 4.79 Å². The molecule has 0 aliphatic heterocycles. The molecule has 0 bridgehead atoms. The predicted octanol–water partition coefficient (Wildman–Crippen LogP) is 4.85. The Morgan fingerprint density at radius 3 is 2.16 bits per heavy atom. The number of hydrogen-bond donors (Lipinski definition) is 0. The van der Waals surface area contributed by atoms with Crippen molar-refractivity contribution in [1.82, 2.24) is 0 Å². The molecule has 0 fully saturated rings. The number of allylic oxidation sites excluding steroid dienone is 6. The van der Waals surface area contributed by atoms with Crippen LogP contribution in [0, 0.1) is 16.2 Å². The second-order valence-corrected chi connectivity index (χ2v) is 7.53. The third-order valence-corrected chi connectivity index (χ3v) is 5.22. The summed E-state index contributed by atoms with van der Waals surface area (Å²) in [6, 6.07) is 0. The fourth-order valence-corrected chi connectivity index (χ4v) is 3.26. The zero-order valence-corrected chi connectivity index (χ0v) is 13.3. The third-order valence-electron chi connectivity index (χ3n) is 5.22. The first kappa shape index (κ1) is 14.3. The summed E-state index contributed by atoms with van der Waals surface area (Å²) in [5, 5.41) is 0. The molecule has 1 unspecified atom stereocenters. The van der Waals surface area contributed by atoms with Crippen LogP contribution in [0.25, 0.3) is 0 Å². The van der Waals surface area contributed by atoms with Crippen molar-refractivity contribution in [3.05, 3.63) is 34.9 Å². The molecule has 0 aromatic carbocycles. The van der Waals surface area contributed by atoms with E-state index in [0.717, 1.165) is 6.42 Å². The molecule has 19 heavy (non-hydrogen) atoms. The number of carbonyl (C=O) groups excluding carboxylic acids is 1. The molecule has 0 radical (unpaired) electrons. The number of hydrogen-bond acceptors (Lipinski definition) is 1. The molecule has 0 spiro atoms. The van der Waals surface area contributed by atoms with Gasteiger partial charge in [-0.1, -0.05) is 51.5 Å². The van der Waals surface area contributed by atoms with E-state index in [1.807, 2.05) is 0 Å². The molecule has 2 aliphatic rings. The lowest BCUT2D eigenvalue weighted by atomic mass is 9.58. The zero-order chi connectivity index (χ0) is 14.6. The standard InChI is InChI=1S/C18H26O/c1-12-10-16(3,4)14-8-9-18(7,13(2)19)11-15(14)17(12,5)6/h8,10-11H,9H2,1-7H3. The van der Waals surface area contributed by atoms with Crippen LogP contribution in [-0.4, -0.2) is 5.78 Å². The lowest BCUT2D eigenvalue weighted by Crippen LogP contribution is -2.36. The Kier molecular flexibility index (Phi) is 2.97. The normalized spacial score (nSPS) is 31.8. The van der Waals surface area contributed by atoms with Gasteiger partial charge in [-0.05, 0) is 38.3 Å². The van der Waals surface area contributed by atoms with Crippen LogP contribution in [0.15, 0.2) is 34.9 Å². The summed E-state index contributed by atoms with van der Waals surface area (Å²) in [4.78, 5) is 12.0. The van der Waals surface area contributed by atoms with Crippen LogP contribution in [0.2, 0.25) is 0 Å². The minimum absolute atomic E-state index is 0.0263. The van der Waals surface area contributed by atoms with E-state index >= 15 is 0 Å². The maximum Gasteiger partial charge on any atom is 0.139 e. The Hall–Kier alpha value is -1.11. The van der Waals surface area contributed by atoms with Crippen LogP contribution in [0.3, 0.4) is 0 Å². The summed E-state index contributed by atoms with van der Waals surface area (Å²) in [6.07, 6.45) is 7.74. The van der Waals surface area contributed by atoms with E-state index in [-0.39, 0.29) is 22.0 Å². The summed E-state index contributed by atoms with van der Waals surface area (Å²) in [7, 11) is 0. The Labute approximate surface area is 117 Å². The largest absolute Gasteiger partial charge is 0.299 e. The summed E-state index contributed by atoms with van der Waals surface area (Å²) in [5.74, 6) is 0.260. The molecule has 2 rings (SSSR count). The average Bonchev–Trinajstić information content (AvgIpc) is 2.26. The van der Waals surface area contributed by atoms with E-state index in [0.29, 0.717) is 0 Å². The summed E-state index contributed by atoms with van der Waals surface area (Å²) in [5.41, 5.74) is 3.92. The first-order valence-corrected chi connectivity index (χ1v) is 7.16. The minimum atomic E-state index is -0.330. The van der Waals surface area contributed by atoms with E-state index in [1.54, 1.807) is 6.92 Å². The average molecular weight is 258 g/mol. The molecule has 2 aliphatic carbocycles. The Bertz CT molecular complexity index is 526. The minimum Gasteiger partial charge on any atom is -0.299 e. The highest BCUT2D eigenvalue weighted by Gasteiger charge is 2.43. The quantitative estimate of drug-likeness (QED) is 0.614. The number of Topliss-reactive ketones (excluding diaryl/α,β-unsaturated/α-hetero) is 1. The van der Waals surface area contributed by atoms with Gasteiger partial charge < -0.3 is 0 Å². The van der Waals surface area contributed by atoms with E-state index in [2.05, 4.69) is 59.8 Å². The van der Waals surface area contributed by atoms with Crippen LogP contribution in [0.4, 0.5) is 0 Å². The van der Waals surface area contributed by atoms with Crippen LogP contribution < -0.4 is 0 Å². The van der Waals surface area contributed by atoms with Gasteiger partial charge in [0.1, 0.15) is 5.78 Å². The first-order chi connectivity index (χ1) is 8.51. The summed E-state index contributed by atoms with van der Waals surface area (Å²) in [6.45, 7) is 15.0. The van der Waals surface area contributed by atoms with E-state index < -0.39 is 0 Å². The van der Waals surface area contributed by atoms with Crippen LogP contribution in [0.1, 0.15) is 54.9 Å². The predicted molar refractivity (Wildman–Crippen MR) is 80.9 cm³/mol. The second-order valence-electron chi connectivity index (χ2n) is 7.53. The summed E-state index contributed by atoms with van der Waals surface area (Å²) < 4.78 is 0. The molecule has 0 N–H and O–H groups in total. The molecule has 0 saturated heterocycles. The fourth-order valence-electron chi connectivity index (χ4n) is 3.26. The van der Waals surface area contributed by atoms with Gasteiger partial charge in [-0.3, -0.25) is 4.79 Å². The molecule has 0 saturated carbocycles. The van der Waals surface area contributed by atoms with Gasteiger partial charge in [0, 0.05) is 16.2 Å². The Balaban J connectivity index is 2.65. The van der Waals surface area contributed by atoms with Crippen molar-refractivity contribution in [3.63, 3.8) is 0 Å². The summed E-state index contributed by atoms with van der Waals surface area (Å²) >= 11 is 0. The maximum atomic E-state index is 12.0. The molecule has 0 aromatic heterocycles. The van der Waals surface area contributed by atoms with Gasteiger partial charge in [0.05, 0.1) is 0 Å². The fraction of sp³-hybridized carbons (Fsp3) is 0.611. The van der Waals surface area contributed by atoms with Crippen molar-refractivity contribution in [2.45, 2.75) is 54.9 Å². The van der Waals surface area contributed by atoms with Crippen molar-refractivity contribution in [2.75, 3.05) is 0 Å². The van der Waals surface area contributed by atoms with Gasteiger partial charge in [-0.15, -0.1) is 0 Å². The van der Waals surface area contributed by atoms with Gasteiger partial charge in [0.15, 0.2) is 0 Å². The van der Waals surface area contributed by atoms with Gasteiger partial charge in [0.2, 0.25) is 0 Å². The first-order valence-electron chi connectivity index (χ1n) is 7.16. The third kappa shape index (κ3) is 2.04. The number of ketones is 1.